The lowest BCUT2D eigenvalue weighted by atomic mass is 10.1. The van der Waals surface area contributed by atoms with Crippen molar-refractivity contribution in [3.63, 3.8) is 0 Å². The molecular formula is C13H17ClFNO2S. The highest BCUT2D eigenvalue weighted by molar-refractivity contribution is 7.89. The van der Waals surface area contributed by atoms with Crippen LogP contribution in [0.3, 0.4) is 0 Å². The van der Waals surface area contributed by atoms with Crippen LogP contribution in [0, 0.1) is 18.2 Å². The highest BCUT2D eigenvalue weighted by atomic mass is 35.5. The van der Waals surface area contributed by atoms with Gasteiger partial charge in [0.2, 0.25) is 10.0 Å². The third-order valence-corrected chi connectivity index (χ3v) is 5.39. The van der Waals surface area contributed by atoms with Crippen LogP contribution in [-0.4, -0.2) is 20.8 Å². The predicted octanol–water partition coefficient (Wildman–Crippen LogP) is 2.82. The molecule has 0 atom stereocenters. The number of sulfonamides is 1. The van der Waals surface area contributed by atoms with Gasteiger partial charge in [0.25, 0.3) is 0 Å². The molecule has 1 aromatic rings. The number of nitrogens with one attached hydrogen (secondary N) is 1. The zero-order chi connectivity index (χ0) is 14.1. The van der Waals surface area contributed by atoms with Crippen LogP contribution < -0.4 is 4.72 Å². The minimum absolute atomic E-state index is 0.00849. The summed E-state index contributed by atoms with van der Waals surface area (Å²) in [6.45, 7) is 2.03. The number of hydrogen-bond donors (Lipinski definition) is 1. The molecule has 6 heteroatoms. The maximum atomic E-state index is 13.2. The summed E-state index contributed by atoms with van der Waals surface area (Å²) in [5.74, 6) is -0.0198. The summed E-state index contributed by atoms with van der Waals surface area (Å²) < 4.78 is 40.1. The van der Waals surface area contributed by atoms with E-state index in [9.17, 15) is 12.8 Å². The molecule has 0 spiro atoms. The first kappa shape index (κ1) is 14.8. The van der Waals surface area contributed by atoms with Gasteiger partial charge in [-0.25, -0.2) is 17.5 Å². The Labute approximate surface area is 118 Å². The number of halogens is 2. The van der Waals surface area contributed by atoms with E-state index in [4.69, 9.17) is 11.6 Å². The van der Waals surface area contributed by atoms with Crippen molar-refractivity contribution in [3.8, 4) is 0 Å². The van der Waals surface area contributed by atoms with Crippen molar-refractivity contribution in [3.05, 3.63) is 29.6 Å². The molecule has 2 rings (SSSR count). The lowest BCUT2D eigenvalue weighted by Crippen LogP contribution is -2.31. The van der Waals surface area contributed by atoms with Gasteiger partial charge in [-0.2, -0.15) is 0 Å². The number of alkyl halides is 1. The first-order valence-electron chi connectivity index (χ1n) is 6.20. The Morgan fingerprint density at radius 1 is 1.42 bits per heavy atom. The van der Waals surface area contributed by atoms with Crippen molar-refractivity contribution in [1.82, 2.24) is 4.72 Å². The van der Waals surface area contributed by atoms with Gasteiger partial charge in [0.05, 0.1) is 4.90 Å². The molecule has 0 aliphatic heterocycles. The van der Waals surface area contributed by atoms with E-state index < -0.39 is 15.8 Å². The minimum Gasteiger partial charge on any atom is -0.211 e. The van der Waals surface area contributed by atoms with Gasteiger partial charge in [-0.15, -0.1) is 11.6 Å². The SMILES string of the molecule is Cc1ccc(F)cc1S(=O)(=O)NCC1(CCCl)CC1. The maximum absolute atomic E-state index is 13.2. The quantitative estimate of drug-likeness (QED) is 0.822. The lowest BCUT2D eigenvalue weighted by molar-refractivity contribution is 0.477. The van der Waals surface area contributed by atoms with Crippen LogP contribution in [-0.2, 0) is 10.0 Å². The van der Waals surface area contributed by atoms with Gasteiger partial charge in [-0.3, -0.25) is 0 Å². The van der Waals surface area contributed by atoms with Crippen LogP contribution in [0.2, 0.25) is 0 Å². The molecule has 0 saturated heterocycles. The smallest absolute Gasteiger partial charge is 0.211 e. The van der Waals surface area contributed by atoms with Gasteiger partial charge in [0.15, 0.2) is 0 Å². The van der Waals surface area contributed by atoms with Crippen LogP contribution >= 0.6 is 11.6 Å². The Morgan fingerprint density at radius 2 is 2.11 bits per heavy atom. The van der Waals surface area contributed by atoms with Gasteiger partial charge >= 0.3 is 0 Å². The highest BCUT2D eigenvalue weighted by Gasteiger charge is 2.42. The number of benzene rings is 1. The van der Waals surface area contributed by atoms with Crippen LogP contribution in [0.4, 0.5) is 4.39 Å². The molecule has 3 nitrogen and oxygen atoms in total. The predicted molar refractivity (Wildman–Crippen MR) is 73.3 cm³/mol. The molecule has 1 saturated carbocycles. The molecule has 1 aliphatic rings. The third-order valence-electron chi connectivity index (χ3n) is 3.66. The molecule has 0 radical (unpaired) electrons. The van der Waals surface area contributed by atoms with Crippen LogP contribution in [0.25, 0.3) is 0 Å². The molecule has 106 valence electrons. The van der Waals surface area contributed by atoms with Crippen LogP contribution in [0.5, 0.6) is 0 Å². The van der Waals surface area contributed by atoms with Crippen molar-refractivity contribution in [1.29, 1.82) is 0 Å². The Balaban J connectivity index is 2.12. The molecule has 19 heavy (non-hydrogen) atoms. The van der Waals surface area contributed by atoms with Gasteiger partial charge in [-0.1, -0.05) is 6.07 Å². The fourth-order valence-electron chi connectivity index (χ4n) is 2.08. The van der Waals surface area contributed by atoms with Crippen LogP contribution in [0.1, 0.15) is 24.8 Å². The molecule has 1 aliphatic carbocycles. The van der Waals surface area contributed by atoms with E-state index in [1.54, 1.807) is 6.92 Å². The molecule has 1 fully saturated rings. The topological polar surface area (TPSA) is 46.2 Å². The highest BCUT2D eigenvalue weighted by Crippen LogP contribution is 2.48. The van der Waals surface area contributed by atoms with Crippen molar-refractivity contribution in [2.45, 2.75) is 31.1 Å². The second-order valence-electron chi connectivity index (χ2n) is 5.17. The summed E-state index contributed by atoms with van der Waals surface area (Å²) in [5.41, 5.74) is 0.548. The second-order valence-corrected chi connectivity index (χ2v) is 7.29. The standard InChI is InChI=1S/C13H17ClFNO2S/c1-10-2-3-11(15)8-12(10)19(17,18)16-9-13(4-5-13)6-7-14/h2-3,8,16H,4-7,9H2,1H3. The normalized spacial score (nSPS) is 17.4. The lowest BCUT2D eigenvalue weighted by Gasteiger charge is -2.15. The molecule has 0 amide bonds. The van der Waals surface area contributed by atoms with Crippen molar-refractivity contribution >= 4 is 21.6 Å². The molecular weight excluding hydrogens is 289 g/mol. The Hall–Kier alpha value is -0.650. The summed E-state index contributed by atoms with van der Waals surface area (Å²) in [4.78, 5) is 0.00849. The molecule has 0 unspecified atom stereocenters. The van der Waals surface area contributed by atoms with Gasteiger partial charge < -0.3 is 0 Å². The Bertz CT molecular complexity index is 570. The molecule has 1 aromatic carbocycles. The summed E-state index contributed by atoms with van der Waals surface area (Å²) >= 11 is 5.71. The fourth-order valence-corrected chi connectivity index (χ4v) is 3.89. The summed E-state index contributed by atoms with van der Waals surface area (Å²) in [6.07, 6.45) is 2.79. The summed E-state index contributed by atoms with van der Waals surface area (Å²) in [6, 6.07) is 3.78. The van der Waals surface area contributed by atoms with Crippen LogP contribution in [0.15, 0.2) is 23.1 Å². The zero-order valence-electron chi connectivity index (χ0n) is 10.7. The number of rotatable bonds is 6. The van der Waals surface area contributed by atoms with E-state index in [-0.39, 0.29) is 10.3 Å². The molecule has 0 heterocycles. The third kappa shape index (κ3) is 3.46. The van der Waals surface area contributed by atoms with Crippen molar-refractivity contribution in [2.24, 2.45) is 5.41 Å². The van der Waals surface area contributed by atoms with E-state index in [0.29, 0.717) is 18.0 Å². The first-order chi connectivity index (χ1) is 8.88. The number of aryl methyl sites for hydroxylation is 1. The Morgan fingerprint density at radius 3 is 2.68 bits per heavy atom. The van der Waals surface area contributed by atoms with E-state index in [1.807, 2.05) is 0 Å². The second kappa shape index (κ2) is 5.38. The average molecular weight is 306 g/mol. The van der Waals surface area contributed by atoms with Crippen molar-refractivity contribution < 1.29 is 12.8 Å². The molecule has 0 bridgehead atoms. The fraction of sp³-hybridized carbons (Fsp3) is 0.538. The zero-order valence-corrected chi connectivity index (χ0v) is 12.3. The Kier molecular flexibility index (Phi) is 4.18. The first-order valence-corrected chi connectivity index (χ1v) is 8.22. The minimum atomic E-state index is -3.66. The average Bonchev–Trinajstić information content (AvgIpc) is 3.11. The number of hydrogen-bond acceptors (Lipinski definition) is 2. The van der Waals surface area contributed by atoms with E-state index in [1.165, 1.54) is 12.1 Å². The molecule has 0 aromatic heterocycles. The largest absolute Gasteiger partial charge is 0.240 e. The van der Waals surface area contributed by atoms with Gasteiger partial charge in [-0.05, 0) is 49.3 Å². The summed E-state index contributed by atoms with van der Waals surface area (Å²) in [5, 5.41) is 0. The molecule has 1 N–H and O–H groups in total. The maximum Gasteiger partial charge on any atom is 0.240 e. The monoisotopic (exact) mass is 305 g/mol. The summed E-state index contributed by atoms with van der Waals surface area (Å²) in [7, 11) is -3.66. The van der Waals surface area contributed by atoms with Gasteiger partial charge in [0.1, 0.15) is 5.82 Å². The van der Waals surface area contributed by atoms with E-state index >= 15 is 0 Å². The van der Waals surface area contributed by atoms with E-state index in [0.717, 1.165) is 25.3 Å². The van der Waals surface area contributed by atoms with Crippen molar-refractivity contribution in [2.75, 3.05) is 12.4 Å². The van der Waals surface area contributed by atoms with E-state index in [2.05, 4.69) is 4.72 Å². The van der Waals surface area contributed by atoms with Gasteiger partial charge in [0, 0.05) is 12.4 Å².